The topological polar surface area (TPSA) is 65.5 Å². The number of hydrogen-bond acceptors (Lipinski definition) is 3. The molecule has 1 aromatic heterocycles. The lowest BCUT2D eigenvalue weighted by Crippen LogP contribution is -2.43. The van der Waals surface area contributed by atoms with Crippen LogP contribution < -0.4 is 16.0 Å². The summed E-state index contributed by atoms with van der Waals surface area (Å²) < 4.78 is 0. The molecule has 1 aromatic carbocycles. The number of anilines is 1. The Morgan fingerprint density at radius 3 is 2.85 bits per heavy atom. The van der Waals surface area contributed by atoms with E-state index in [0.29, 0.717) is 17.6 Å². The van der Waals surface area contributed by atoms with Gasteiger partial charge in [0, 0.05) is 29.7 Å². The van der Waals surface area contributed by atoms with Crippen molar-refractivity contribution in [2.45, 2.75) is 13.3 Å². The van der Waals surface area contributed by atoms with Crippen LogP contribution in [0.5, 0.6) is 0 Å². The molecule has 0 aliphatic carbocycles. The zero-order valence-corrected chi connectivity index (χ0v) is 15.9. The summed E-state index contributed by atoms with van der Waals surface area (Å²) in [5.41, 5.74) is 1.41. The van der Waals surface area contributed by atoms with Crippen LogP contribution in [0.25, 0.3) is 0 Å². The van der Waals surface area contributed by atoms with Gasteiger partial charge in [0.2, 0.25) is 5.91 Å². The van der Waals surface area contributed by atoms with Crippen LogP contribution in [0.15, 0.2) is 46.8 Å². The number of hydrogen-bond donors (Lipinski definition) is 3. The summed E-state index contributed by atoms with van der Waals surface area (Å²) >= 11 is 1.77. The van der Waals surface area contributed by atoms with Gasteiger partial charge in [-0.3, -0.25) is 9.79 Å². The van der Waals surface area contributed by atoms with E-state index in [4.69, 9.17) is 6.42 Å². The number of rotatable bonds is 7. The van der Waals surface area contributed by atoms with E-state index in [0.717, 1.165) is 18.5 Å². The fraction of sp³-hybridized carbons (Fsp3) is 0.300. The lowest BCUT2D eigenvalue weighted by Gasteiger charge is -2.15. The first-order valence-electron chi connectivity index (χ1n) is 8.44. The second-order valence-corrected chi connectivity index (χ2v) is 7.00. The smallest absolute Gasteiger partial charge is 0.243 e. The highest BCUT2D eigenvalue weighted by Gasteiger charge is 2.08. The van der Waals surface area contributed by atoms with Crippen LogP contribution >= 0.6 is 11.3 Å². The molecule has 0 aliphatic heterocycles. The van der Waals surface area contributed by atoms with Crippen molar-refractivity contribution in [1.82, 2.24) is 10.6 Å². The van der Waals surface area contributed by atoms with Gasteiger partial charge in [0.05, 0.1) is 6.54 Å². The highest BCUT2D eigenvalue weighted by Crippen LogP contribution is 2.13. The number of carbonyl (C=O) groups is 1. The van der Waals surface area contributed by atoms with E-state index >= 15 is 0 Å². The van der Waals surface area contributed by atoms with Crippen molar-refractivity contribution < 1.29 is 4.79 Å². The largest absolute Gasteiger partial charge is 0.356 e. The van der Waals surface area contributed by atoms with E-state index in [9.17, 15) is 4.79 Å². The molecule has 136 valence electrons. The molecule has 0 saturated heterocycles. The maximum atomic E-state index is 12.1. The average molecular weight is 369 g/mol. The first-order valence-corrected chi connectivity index (χ1v) is 9.32. The molecule has 0 radical (unpaired) electrons. The molecule has 1 heterocycles. The maximum Gasteiger partial charge on any atom is 0.243 e. The van der Waals surface area contributed by atoms with Crippen LogP contribution in [0, 0.1) is 18.3 Å². The molecule has 0 spiro atoms. The Kier molecular flexibility index (Phi) is 7.72. The predicted octanol–water partition coefficient (Wildman–Crippen LogP) is 2.71. The number of terminal acetylenes is 1. The molecule has 0 fully saturated rings. The zero-order valence-electron chi connectivity index (χ0n) is 15.1. The van der Waals surface area contributed by atoms with Gasteiger partial charge in [-0.25, -0.2) is 0 Å². The number of nitrogens with one attached hydrogen (secondary N) is 3. The fourth-order valence-electron chi connectivity index (χ4n) is 2.39. The van der Waals surface area contributed by atoms with Gasteiger partial charge in [-0.15, -0.1) is 17.8 Å². The Hall–Kier alpha value is -2.78. The predicted molar refractivity (Wildman–Crippen MR) is 110 cm³/mol. The van der Waals surface area contributed by atoms with Gasteiger partial charge in [-0.2, -0.15) is 0 Å². The summed E-state index contributed by atoms with van der Waals surface area (Å²) in [6.45, 7) is 3.09. The molecular weight excluding hydrogens is 344 g/mol. The number of nitrogens with zero attached hydrogens (tertiary/aromatic N) is 1. The fourth-order valence-corrected chi connectivity index (χ4v) is 3.26. The first-order chi connectivity index (χ1) is 12.6. The average Bonchev–Trinajstić information content (AvgIpc) is 3.15. The Morgan fingerprint density at radius 2 is 2.15 bits per heavy atom. The molecule has 3 N–H and O–H groups in total. The van der Waals surface area contributed by atoms with Crippen LogP contribution in [0.2, 0.25) is 0 Å². The summed E-state index contributed by atoms with van der Waals surface area (Å²) in [6.07, 6.45) is 6.39. The molecule has 2 aromatic rings. The van der Waals surface area contributed by atoms with E-state index in [-0.39, 0.29) is 12.5 Å². The highest BCUT2D eigenvalue weighted by molar-refractivity contribution is 7.09. The van der Waals surface area contributed by atoms with Crippen LogP contribution in [0.1, 0.15) is 17.4 Å². The van der Waals surface area contributed by atoms with Gasteiger partial charge in [0.15, 0.2) is 5.96 Å². The molecule has 26 heavy (non-hydrogen) atoms. The van der Waals surface area contributed by atoms with E-state index < -0.39 is 0 Å². The number of thiophene rings is 1. The maximum absolute atomic E-state index is 12.1. The molecule has 0 bridgehead atoms. The van der Waals surface area contributed by atoms with E-state index in [1.165, 1.54) is 4.88 Å². The summed E-state index contributed by atoms with van der Waals surface area (Å²) in [5.74, 6) is 3.46. The molecule has 6 heteroatoms. The minimum Gasteiger partial charge on any atom is -0.356 e. The number of guanidine groups is 1. The molecule has 5 nitrogen and oxygen atoms in total. The summed E-state index contributed by atoms with van der Waals surface area (Å²) in [7, 11) is 1.69. The molecule has 1 atom stereocenters. The van der Waals surface area contributed by atoms with Crippen molar-refractivity contribution >= 4 is 28.9 Å². The molecule has 0 aliphatic rings. The molecular formula is C20H24N4OS. The van der Waals surface area contributed by atoms with Gasteiger partial charge < -0.3 is 16.0 Å². The number of amides is 1. The Bertz CT molecular complexity index is 777. The van der Waals surface area contributed by atoms with Crippen LogP contribution in [-0.4, -0.2) is 32.0 Å². The van der Waals surface area contributed by atoms with Crippen molar-refractivity contribution in [3.05, 3.63) is 52.2 Å². The third-order valence-corrected chi connectivity index (χ3v) is 4.60. The lowest BCUT2D eigenvalue weighted by atomic mass is 10.1. The Labute approximate surface area is 158 Å². The van der Waals surface area contributed by atoms with Gasteiger partial charge in [0.1, 0.15) is 0 Å². The highest BCUT2D eigenvalue weighted by atomic mass is 32.1. The second-order valence-electron chi connectivity index (χ2n) is 5.97. The van der Waals surface area contributed by atoms with Gasteiger partial charge >= 0.3 is 0 Å². The van der Waals surface area contributed by atoms with Crippen molar-refractivity contribution in [1.29, 1.82) is 0 Å². The van der Waals surface area contributed by atoms with Crippen LogP contribution in [0.3, 0.4) is 0 Å². The van der Waals surface area contributed by atoms with E-state index in [1.807, 2.05) is 12.1 Å². The second kappa shape index (κ2) is 10.3. The van der Waals surface area contributed by atoms with E-state index in [1.54, 1.807) is 30.5 Å². The number of benzene rings is 1. The minimum absolute atomic E-state index is 0.124. The van der Waals surface area contributed by atoms with Crippen LogP contribution in [-0.2, 0) is 11.2 Å². The Morgan fingerprint density at radius 1 is 1.31 bits per heavy atom. The molecule has 2 rings (SSSR count). The minimum atomic E-state index is -0.159. The SMILES string of the molecule is C#Cc1cccc(NC(=O)CNC(=NC)NCC(C)Cc2cccs2)c1. The molecule has 1 unspecified atom stereocenters. The summed E-state index contributed by atoms with van der Waals surface area (Å²) in [5, 5.41) is 11.2. The zero-order chi connectivity index (χ0) is 18.8. The van der Waals surface area contributed by atoms with Gasteiger partial charge in [-0.1, -0.05) is 25.0 Å². The monoisotopic (exact) mass is 368 g/mol. The molecule has 1 amide bonds. The van der Waals surface area contributed by atoms with E-state index in [2.05, 4.69) is 51.3 Å². The van der Waals surface area contributed by atoms with Crippen molar-refractivity contribution in [3.63, 3.8) is 0 Å². The third kappa shape index (κ3) is 6.61. The van der Waals surface area contributed by atoms with Crippen LogP contribution in [0.4, 0.5) is 5.69 Å². The number of aliphatic imine (C=N–C) groups is 1. The quantitative estimate of drug-likeness (QED) is 0.400. The van der Waals surface area contributed by atoms with Crippen molar-refractivity contribution in [2.24, 2.45) is 10.9 Å². The van der Waals surface area contributed by atoms with Crippen molar-refractivity contribution in [3.8, 4) is 12.3 Å². The van der Waals surface area contributed by atoms with Gasteiger partial charge in [-0.05, 0) is 42.0 Å². The van der Waals surface area contributed by atoms with Crippen molar-refractivity contribution in [2.75, 3.05) is 25.5 Å². The standard InChI is InChI=1S/C20H24N4OS/c1-4-16-7-5-8-17(12-16)24-19(25)14-23-20(21-3)22-13-15(2)11-18-9-6-10-26-18/h1,5-10,12,15H,11,13-14H2,2-3H3,(H,24,25)(H2,21,22,23). The third-order valence-electron chi connectivity index (χ3n) is 3.70. The normalized spacial score (nSPS) is 12.1. The first kappa shape index (κ1) is 19.5. The summed E-state index contributed by atoms with van der Waals surface area (Å²) in [4.78, 5) is 17.6. The Balaban J connectivity index is 1.73. The van der Waals surface area contributed by atoms with Gasteiger partial charge in [0.25, 0.3) is 0 Å². The number of carbonyl (C=O) groups excluding carboxylic acids is 1. The lowest BCUT2D eigenvalue weighted by molar-refractivity contribution is -0.115. The summed E-state index contributed by atoms with van der Waals surface area (Å²) in [6, 6.07) is 11.4. The molecule has 0 saturated carbocycles.